The third-order valence-electron chi connectivity index (χ3n) is 4.02. The molecule has 0 bridgehead atoms. The van der Waals surface area contributed by atoms with Gasteiger partial charge in [0.15, 0.2) is 0 Å². The first-order valence-electron chi connectivity index (χ1n) is 7.10. The monoisotopic (exact) mass is 456 g/mol. The van der Waals surface area contributed by atoms with Gasteiger partial charge < -0.3 is 15.5 Å². The summed E-state index contributed by atoms with van der Waals surface area (Å²) in [6.07, 6.45) is 0. The van der Waals surface area contributed by atoms with E-state index in [0.717, 1.165) is 36.2 Å². The molecule has 0 saturated carbocycles. The zero-order valence-corrected chi connectivity index (χ0v) is 16.8. The average Bonchev–Trinajstić information content (AvgIpc) is 2.45. The summed E-state index contributed by atoms with van der Waals surface area (Å²) in [6, 6.07) is 3.74. The van der Waals surface area contributed by atoms with E-state index < -0.39 is 0 Å². The van der Waals surface area contributed by atoms with Crippen molar-refractivity contribution in [1.82, 2.24) is 10.2 Å². The lowest BCUT2D eigenvalue weighted by Gasteiger charge is -2.43. The third-order valence-corrected chi connectivity index (χ3v) is 5.08. The molecular formula is C15H23Br2ClN2O2. The molecule has 126 valence electrons. The van der Waals surface area contributed by atoms with Crippen LogP contribution in [0.4, 0.5) is 0 Å². The molecular weight excluding hydrogens is 435 g/mol. The van der Waals surface area contributed by atoms with Gasteiger partial charge in [-0.1, -0.05) is 29.8 Å². The summed E-state index contributed by atoms with van der Waals surface area (Å²) >= 11 is 6.90. The number of hydrogen-bond donors (Lipinski definition) is 3. The van der Waals surface area contributed by atoms with Crippen molar-refractivity contribution in [3.05, 3.63) is 26.6 Å². The van der Waals surface area contributed by atoms with Gasteiger partial charge in [0.2, 0.25) is 0 Å². The van der Waals surface area contributed by atoms with Gasteiger partial charge in [0, 0.05) is 54.3 Å². The van der Waals surface area contributed by atoms with Crippen molar-refractivity contribution in [3.8, 4) is 5.75 Å². The summed E-state index contributed by atoms with van der Waals surface area (Å²) in [5, 5.41) is 23.7. The fourth-order valence-electron chi connectivity index (χ4n) is 2.93. The molecule has 1 atom stereocenters. The third kappa shape index (κ3) is 4.36. The number of halogens is 3. The summed E-state index contributed by atoms with van der Waals surface area (Å²) in [5.74, 6) is 0.253. The number of rotatable bonds is 4. The van der Waals surface area contributed by atoms with Crippen molar-refractivity contribution in [2.24, 2.45) is 5.41 Å². The Balaban J connectivity index is 0.00000242. The van der Waals surface area contributed by atoms with E-state index in [0.29, 0.717) is 4.47 Å². The summed E-state index contributed by atoms with van der Waals surface area (Å²) < 4.78 is 1.58. The minimum atomic E-state index is -0.352. The van der Waals surface area contributed by atoms with E-state index in [4.69, 9.17) is 0 Å². The molecule has 1 fully saturated rings. The van der Waals surface area contributed by atoms with Crippen LogP contribution in [-0.2, 0) is 0 Å². The minimum Gasteiger partial charge on any atom is -0.506 e. The van der Waals surface area contributed by atoms with E-state index in [-0.39, 0.29) is 36.2 Å². The second-order valence-electron chi connectivity index (χ2n) is 6.16. The van der Waals surface area contributed by atoms with Crippen molar-refractivity contribution in [2.75, 3.05) is 32.8 Å². The number of aliphatic hydroxyl groups excluding tert-OH is 1. The standard InChI is InChI=1S/C15H22Br2N2O2.ClH/c1-15(2,9-20)14(19-5-3-18-4-6-19)11-7-10(16)8-12(17)13(11)21;/h7-8,14,18,20-21H,3-6,9H2,1-2H3;1H/t14-;/m1./s1. The smallest absolute Gasteiger partial charge is 0.134 e. The van der Waals surface area contributed by atoms with Gasteiger partial charge in [-0.2, -0.15) is 0 Å². The quantitative estimate of drug-likeness (QED) is 0.648. The van der Waals surface area contributed by atoms with Crippen LogP contribution in [0.3, 0.4) is 0 Å². The maximum absolute atomic E-state index is 10.5. The zero-order chi connectivity index (χ0) is 15.6. The van der Waals surface area contributed by atoms with Crippen LogP contribution in [0.15, 0.2) is 21.1 Å². The predicted octanol–water partition coefficient (Wildman–Crippen LogP) is 3.30. The summed E-state index contributed by atoms with van der Waals surface area (Å²) in [6.45, 7) is 7.78. The maximum Gasteiger partial charge on any atom is 0.134 e. The number of phenols is 1. The molecule has 1 saturated heterocycles. The van der Waals surface area contributed by atoms with Crippen LogP contribution in [-0.4, -0.2) is 47.9 Å². The van der Waals surface area contributed by atoms with Gasteiger partial charge in [-0.05, 0) is 28.1 Å². The average molecular weight is 459 g/mol. The Morgan fingerprint density at radius 1 is 1.27 bits per heavy atom. The normalized spacial score (nSPS) is 17.9. The van der Waals surface area contributed by atoms with Gasteiger partial charge in [-0.15, -0.1) is 12.4 Å². The molecule has 1 heterocycles. The highest BCUT2D eigenvalue weighted by molar-refractivity contribution is 9.11. The van der Waals surface area contributed by atoms with Gasteiger partial charge in [-0.25, -0.2) is 0 Å². The van der Waals surface area contributed by atoms with Crippen molar-refractivity contribution in [2.45, 2.75) is 19.9 Å². The van der Waals surface area contributed by atoms with Crippen molar-refractivity contribution in [3.63, 3.8) is 0 Å². The fourth-order valence-corrected chi connectivity index (χ4v) is 4.19. The molecule has 22 heavy (non-hydrogen) atoms. The number of phenolic OH excluding ortho intramolecular Hbond substituents is 1. The molecule has 0 amide bonds. The van der Waals surface area contributed by atoms with E-state index in [1.54, 1.807) is 0 Å². The van der Waals surface area contributed by atoms with Gasteiger partial charge >= 0.3 is 0 Å². The SMILES string of the molecule is CC(C)(CO)[C@@H](c1cc(Br)cc(Br)c1O)N1CCNCC1.Cl. The fraction of sp³-hybridized carbons (Fsp3) is 0.600. The molecule has 2 rings (SSSR count). The Morgan fingerprint density at radius 2 is 1.86 bits per heavy atom. The van der Waals surface area contributed by atoms with E-state index >= 15 is 0 Å². The van der Waals surface area contributed by atoms with Crippen LogP contribution in [0, 0.1) is 5.41 Å². The molecule has 4 nitrogen and oxygen atoms in total. The molecule has 0 radical (unpaired) electrons. The second kappa shape index (κ2) is 8.31. The highest BCUT2D eigenvalue weighted by Crippen LogP contribution is 2.45. The molecule has 1 aliphatic rings. The highest BCUT2D eigenvalue weighted by Gasteiger charge is 2.37. The van der Waals surface area contributed by atoms with Gasteiger partial charge in [-0.3, -0.25) is 4.90 Å². The Kier molecular flexibility index (Phi) is 7.63. The van der Waals surface area contributed by atoms with Crippen LogP contribution in [0.25, 0.3) is 0 Å². The first-order chi connectivity index (χ1) is 9.86. The van der Waals surface area contributed by atoms with E-state index in [2.05, 4.69) is 42.1 Å². The largest absolute Gasteiger partial charge is 0.506 e. The first-order valence-corrected chi connectivity index (χ1v) is 8.69. The molecule has 0 unspecified atom stereocenters. The lowest BCUT2D eigenvalue weighted by atomic mass is 9.79. The highest BCUT2D eigenvalue weighted by atomic mass is 79.9. The Bertz CT molecular complexity index is 509. The minimum absolute atomic E-state index is 0. The topological polar surface area (TPSA) is 55.7 Å². The van der Waals surface area contributed by atoms with Crippen LogP contribution in [0.1, 0.15) is 25.5 Å². The van der Waals surface area contributed by atoms with Crippen LogP contribution in [0.5, 0.6) is 5.75 Å². The summed E-state index contributed by atoms with van der Waals surface area (Å²) in [4.78, 5) is 2.33. The molecule has 1 aliphatic heterocycles. The van der Waals surface area contributed by atoms with Crippen LogP contribution < -0.4 is 5.32 Å². The van der Waals surface area contributed by atoms with Gasteiger partial charge in [0.25, 0.3) is 0 Å². The number of nitrogens with one attached hydrogen (secondary N) is 1. The zero-order valence-electron chi connectivity index (χ0n) is 12.8. The molecule has 0 aromatic heterocycles. The maximum atomic E-state index is 10.5. The number of piperazine rings is 1. The van der Waals surface area contributed by atoms with Gasteiger partial charge in [0.1, 0.15) is 5.75 Å². The van der Waals surface area contributed by atoms with Crippen LogP contribution in [0.2, 0.25) is 0 Å². The Morgan fingerprint density at radius 3 is 2.41 bits per heavy atom. The summed E-state index contributed by atoms with van der Waals surface area (Å²) in [5.41, 5.74) is 0.493. The Labute approximate surface area is 154 Å². The lowest BCUT2D eigenvalue weighted by molar-refractivity contribution is 0.0292. The van der Waals surface area contributed by atoms with Crippen LogP contribution >= 0.6 is 44.3 Å². The van der Waals surface area contributed by atoms with Crippen molar-refractivity contribution < 1.29 is 10.2 Å². The molecule has 0 aliphatic carbocycles. The van der Waals surface area contributed by atoms with Crippen molar-refractivity contribution >= 4 is 44.3 Å². The number of aliphatic hydroxyl groups is 1. The first kappa shape index (κ1) is 20.2. The van der Waals surface area contributed by atoms with Gasteiger partial charge in [0.05, 0.1) is 4.47 Å². The number of benzene rings is 1. The number of hydrogen-bond acceptors (Lipinski definition) is 4. The summed E-state index contributed by atoms with van der Waals surface area (Å²) in [7, 11) is 0. The molecule has 1 aromatic carbocycles. The molecule has 3 N–H and O–H groups in total. The number of nitrogens with zero attached hydrogens (tertiary/aromatic N) is 1. The second-order valence-corrected chi connectivity index (χ2v) is 7.93. The lowest BCUT2D eigenvalue weighted by Crippen LogP contribution is -2.49. The predicted molar refractivity (Wildman–Crippen MR) is 98.8 cm³/mol. The van der Waals surface area contributed by atoms with Crippen molar-refractivity contribution in [1.29, 1.82) is 0 Å². The van der Waals surface area contributed by atoms with E-state index in [9.17, 15) is 10.2 Å². The number of aromatic hydroxyl groups is 1. The van der Waals surface area contributed by atoms with E-state index in [1.165, 1.54) is 0 Å². The molecule has 7 heteroatoms. The molecule has 0 spiro atoms. The Hall–Kier alpha value is 0.150. The van der Waals surface area contributed by atoms with E-state index in [1.807, 2.05) is 26.0 Å². The molecule has 1 aromatic rings.